The molecule has 0 N–H and O–H groups in total. The van der Waals surface area contributed by atoms with Gasteiger partial charge in [-0.3, -0.25) is 4.90 Å². The van der Waals surface area contributed by atoms with E-state index >= 15 is 0 Å². The van der Waals surface area contributed by atoms with Crippen molar-refractivity contribution in [2.24, 2.45) is 0 Å². The molecule has 1 aliphatic heterocycles. The molecule has 0 aliphatic carbocycles. The minimum atomic E-state index is 0.793. The molecule has 1 aromatic carbocycles. The number of aryl methyl sites for hydroxylation is 1. The van der Waals surface area contributed by atoms with Crippen LogP contribution >= 0.6 is 22.9 Å². The van der Waals surface area contributed by atoms with Gasteiger partial charge in [-0.15, -0.1) is 11.3 Å². The van der Waals surface area contributed by atoms with Crippen LogP contribution in [0.15, 0.2) is 36.4 Å². The lowest BCUT2D eigenvalue weighted by atomic mass is 10.2. The summed E-state index contributed by atoms with van der Waals surface area (Å²) in [4.78, 5) is 5.29. The third kappa shape index (κ3) is 4.30. The maximum absolute atomic E-state index is 5.94. The third-order valence-corrected chi connectivity index (χ3v) is 5.24. The average Bonchev–Trinajstić information content (AvgIpc) is 2.98. The number of morpholine rings is 1. The monoisotopic (exact) mass is 321 g/mol. The van der Waals surface area contributed by atoms with E-state index in [0.717, 1.165) is 37.7 Å². The van der Waals surface area contributed by atoms with E-state index in [4.69, 9.17) is 16.3 Å². The fourth-order valence-electron chi connectivity index (χ4n) is 2.58. The number of hydrogen-bond donors (Lipinski definition) is 0. The standard InChI is InChI=1S/C17H20ClNOS/c18-15-5-3-14(4-6-15)17-8-7-16(21-17)2-1-9-19-10-12-20-13-11-19/h3-8H,1-2,9-13H2. The van der Waals surface area contributed by atoms with Crippen molar-refractivity contribution in [3.63, 3.8) is 0 Å². The molecule has 1 fully saturated rings. The Kier molecular flexibility index (Phi) is 5.31. The van der Waals surface area contributed by atoms with E-state index in [2.05, 4.69) is 29.2 Å². The molecular weight excluding hydrogens is 302 g/mol. The van der Waals surface area contributed by atoms with Gasteiger partial charge in [0.1, 0.15) is 0 Å². The smallest absolute Gasteiger partial charge is 0.0594 e. The van der Waals surface area contributed by atoms with Crippen LogP contribution < -0.4 is 0 Å². The van der Waals surface area contributed by atoms with Gasteiger partial charge in [-0.05, 0) is 49.2 Å². The Balaban J connectivity index is 1.51. The first-order valence-electron chi connectivity index (χ1n) is 7.46. The zero-order chi connectivity index (χ0) is 14.5. The molecular formula is C17H20ClNOS. The van der Waals surface area contributed by atoms with E-state index in [0.29, 0.717) is 0 Å². The van der Waals surface area contributed by atoms with Crippen LogP contribution in [0.5, 0.6) is 0 Å². The topological polar surface area (TPSA) is 12.5 Å². The first-order valence-corrected chi connectivity index (χ1v) is 8.65. The molecule has 1 aromatic heterocycles. The molecule has 0 amide bonds. The van der Waals surface area contributed by atoms with Crippen LogP contribution in [0.4, 0.5) is 0 Å². The molecule has 1 saturated heterocycles. The van der Waals surface area contributed by atoms with Gasteiger partial charge in [-0.1, -0.05) is 23.7 Å². The summed E-state index contributed by atoms with van der Waals surface area (Å²) in [6, 6.07) is 12.6. The van der Waals surface area contributed by atoms with Crippen LogP contribution in [-0.4, -0.2) is 37.7 Å². The number of rotatable bonds is 5. The zero-order valence-electron chi connectivity index (χ0n) is 12.1. The van der Waals surface area contributed by atoms with Crippen LogP contribution in [0.1, 0.15) is 11.3 Å². The summed E-state index contributed by atoms with van der Waals surface area (Å²) in [5.41, 5.74) is 1.25. The molecule has 0 radical (unpaired) electrons. The summed E-state index contributed by atoms with van der Waals surface area (Å²) in [6.07, 6.45) is 2.39. The molecule has 3 rings (SSSR count). The first kappa shape index (κ1) is 15.0. The fraction of sp³-hybridized carbons (Fsp3) is 0.412. The SMILES string of the molecule is Clc1ccc(-c2ccc(CCCN3CCOCC3)s2)cc1. The van der Waals surface area contributed by atoms with Crippen molar-refractivity contribution < 1.29 is 4.74 Å². The van der Waals surface area contributed by atoms with E-state index in [-0.39, 0.29) is 0 Å². The molecule has 1 aliphatic rings. The third-order valence-electron chi connectivity index (χ3n) is 3.79. The number of hydrogen-bond acceptors (Lipinski definition) is 3. The maximum atomic E-state index is 5.94. The zero-order valence-corrected chi connectivity index (χ0v) is 13.6. The van der Waals surface area contributed by atoms with Gasteiger partial charge in [-0.25, -0.2) is 0 Å². The van der Waals surface area contributed by atoms with Gasteiger partial charge in [0.25, 0.3) is 0 Å². The molecule has 0 saturated carbocycles. The lowest BCUT2D eigenvalue weighted by Gasteiger charge is -2.26. The number of benzene rings is 1. The lowest BCUT2D eigenvalue weighted by molar-refractivity contribution is 0.0375. The van der Waals surface area contributed by atoms with Crippen molar-refractivity contribution in [3.8, 4) is 10.4 Å². The van der Waals surface area contributed by atoms with Gasteiger partial charge in [0.2, 0.25) is 0 Å². The largest absolute Gasteiger partial charge is 0.379 e. The second-order valence-corrected chi connectivity index (χ2v) is 6.94. The predicted octanol–water partition coefficient (Wildman–Crippen LogP) is 4.33. The van der Waals surface area contributed by atoms with Crippen LogP contribution in [0.25, 0.3) is 10.4 Å². The highest BCUT2D eigenvalue weighted by Crippen LogP contribution is 2.29. The van der Waals surface area contributed by atoms with E-state index in [1.807, 2.05) is 23.5 Å². The van der Waals surface area contributed by atoms with Gasteiger partial charge in [0.05, 0.1) is 13.2 Å². The molecule has 0 bridgehead atoms. The van der Waals surface area contributed by atoms with Crippen molar-refractivity contribution in [1.82, 2.24) is 4.90 Å². The van der Waals surface area contributed by atoms with E-state index in [1.54, 1.807) is 0 Å². The summed E-state index contributed by atoms with van der Waals surface area (Å²) < 4.78 is 5.38. The molecule has 4 heteroatoms. The Morgan fingerprint density at radius 3 is 2.57 bits per heavy atom. The van der Waals surface area contributed by atoms with Gasteiger partial charge in [0, 0.05) is 27.9 Å². The molecule has 2 nitrogen and oxygen atoms in total. The summed E-state index contributed by atoms with van der Waals surface area (Å²) in [7, 11) is 0. The Hall–Kier alpha value is -0.870. The van der Waals surface area contributed by atoms with Crippen LogP contribution in [0.2, 0.25) is 5.02 Å². The molecule has 112 valence electrons. The highest BCUT2D eigenvalue weighted by atomic mass is 35.5. The Morgan fingerprint density at radius 2 is 1.81 bits per heavy atom. The number of ether oxygens (including phenoxy) is 1. The summed E-state index contributed by atoms with van der Waals surface area (Å²) in [6.45, 7) is 5.12. The van der Waals surface area contributed by atoms with E-state index in [9.17, 15) is 0 Å². The van der Waals surface area contributed by atoms with Gasteiger partial charge < -0.3 is 4.74 Å². The highest BCUT2D eigenvalue weighted by molar-refractivity contribution is 7.15. The van der Waals surface area contributed by atoms with Crippen LogP contribution in [0.3, 0.4) is 0 Å². The normalized spacial score (nSPS) is 16.2. The van der Waals surface area contributed by atoms with Crippen molar-refractivity contribution in [2.45, 2.75) is 12.8 Å². The second-order valence-electron chi connectivity index (χ2n) is 5.33. The summed E-state index contributed by atoms with van der Waals surface area (Å²) in [5, 5.41) is 0.793. The molecule has 2 aromatic rings. The predicted molar refractivity (Wildman–Crippen MR) is 90.3 cm³/mol. The van der Waals surface area contributed by atoms with Crippen molar-refractivity contribution in [1.29, 1.82) is 0 Å². The maximum Gasteiger partial charge on any atom is 0.0594 e. The number of nitrogens with zero attached hydrogens (tertiary/aromatic N) is 1. The van der Waals surface area contributed by atoms with Crippen molar-refractivity contribution >= 4 is 22.9 Å². The van der Waals surface area contributed by atoms with Crippen molar-refractivity contribution in [3.05, 3.63) is 46.3 Å². The lowest BCUT2D eigenvalue weighted by Crippen LogP contribution is -2.36. The summed E-state index contributed by atoms with van der Waals surface area (Å²) in [5.74, 6) is 0. The van der Waals surface area contributed by atoms with E-state index < -0.39 is 0 Å². The molecule has 2 heterocycles. The number of thiophene rings is 1. The average molecular weight is 322 g/mol. The van der Waals surface area contributed by atoms with E-state index in [1.165, 1.54) is 28.3 Å². The minimum Gasteiger partial charge on any atom is -0.379 e. The van der Waals surface area contributed by atoms with Crippen molar-refractivity contribution in [2.75, 3.05) is 32.8 Å². The van der Waals surface area contributed by atoms with Gasteiger partial charge in [0.15, 0.2) is 0 Å². The Morgan fingerprint density at radius 1 is 1.05 bits per heavy atom. The summed E-state index contributed by atoms with van der Waals surface area (Å²) >= 11 is 7.83. The number of halogens is 1. The van der Waals surface area contributed by atoms with Gasteiger partial charge in [-0.2, -0.15) is 0 Å². The van der Waals surface area contributed by atoms with Crippen LogP contribution in [0, 0.1) is 0 Å². The fourth-order valence-corrected chi connectivity index (χ4v) is 3.76. The highest BCUT2D eigenvalue weighted by Gasteiger charge is 2.10. The molecule has 0 unspecified atom stereocenters. The first-order chi connectivity index (χ1) is 10.3. The molecule has 0 spiro atoms. The van der Waals surface area contributed by atoms with Crippen LogP contribution in [-0.2, 0) is 11.2 Å². The second kappa shape index (κ2) is 7.41. The quantitative estimate of drug-likeness (QED) is 0.812. The molecule has 0 atom stereocenters. The molecule has 21 heavy (non-hydrogen) atoms. The van der Waals surface area contributed by atoms with Gasteiger partial charge >= 0.3 is 0 Å². The Bertz CT molecular complexity index is 560. The Labute approximate surface area is 135 Å². The minimum absolute atomic E-state index is 0.793.